The molecule has 13 heavy (non-hydrogen) atoms. The summed E-state index contributed by atoms with van der Waals surface area (Å²) in [5.74, 6) is 1.36. The summed E-state index contributed by atoms with van der Waals surface area (Å²) in [7, 11) is 1.50. The van der Waals surface area contributed by atoms with Crippen LogP contribution in [0.15, 0.2) is 12.2 Å². The van der Waals surface area contributed by atoms with E-state index in [4.69, 9.17) is 4.74 Å². The fourth-order valence-corrected chi connectivity index (χ4v) is 3.40. The second-order valence-corrected chi connectivity index (χ2v) is 4.62. The van der Waals surface area contributed by atoms with Crippen molar-refractivity contribution in [3.63, 3.8) is 0 Å². The molecule has 0 aromatic heterocycles. The first-order valence-corrected chi connectivity index (χ1v) is 5.04. The third kappa shape index (κ3) is 0.767. The Morgan fingerprint density at radius 2 is 2.23 bits per heavy atom. The van der Waals surface area contributed by atoms with Gasteiger partial charge in [0.2, 0.25) is 0 Å². The normalized spacial score (nSPS) is 42.7. The summed E-state index contributed by atoms with van der Waals surface area (Å²) in [6.45, 7) is 0. The second kappa shape index (κ2) is 2.17. The zero-order valence-electron chi connectivity index (χ0n) is 7.82. The van der Waals surface area contributed by atoms with Crippen molar-refractivity contribution < 1.29 is 9.53 Å². The van der Waals surface area contributed by atoms with Crippen LogP contribution >= 0.6 is 0 Å². The average molecular weight is 178 g/mol. The molecule has 3 atom stereocenters. The van der Waals surface area contributed by atoms with E-state index in [1.54, 1.807) is 0 Å². The second-order valence-electron chi connectivity index (χ2n) is 4.62. The van der Waals surface area contributed by atoms with Gasteiger partial charge in [-0.15, -0.1) is 0 Å². The van der Waals surface area contributed by atoms with Crippen molar-refractivity contribution in [3.8, 4) is 0 Å². The summed E-state index contributed by atoms with van der Waals surface area (Å²) < 4.78 is 4.84. The van der Waals surface area contributed by atoms with Crippen LogP contribution in [0.3, 0.4) is 0 Å². The van der Waals surface area contributed by atoms with Gasteiger partial charge in [-0.3, -0.25) is 4.79 Å². The van der Waals surface area contributed by atoms with Gasteiger partial charge < -0.3 is 4.74 Å². The minimum absolute atomic E-state index is 0.00289. The van der Waals surface area contributed by atoms with Crippen molar-refractivity contribution in [2.24, 2.45) is 23.2 Å². The molecule has 0 unspecified atom stereocenters. The Balaban J connectivity index is 1.89. The molecule has 2 fully saturated rings. The Hall–Kier alpha value is -0.790. The van der Waals surface area contributed by atoms with Gasteiger partial charge in [0.1, 0.15) is 0 Å². The number of hydrogen-bond acceptors (Lipinski definition) is 2. The number of methoxy groups -OCH3 is 1. The monoisotopic (exact) mass is 178 g/mol. The van der Waals surface area contributed by atoms with Gasteiger partial charge in [0.15, 0.2) is 0 Å². The number of carbonyl (C=O) groups is 1. The van der Waals surface area contributed by atoms with Gasteiger partial charge in [-0.05, 0) is 36.5 Å². The number of ether oxygens (including phenoxy) is 1. The molecule has 0 N–H and O–H groups in total. The lowest BCUT2D eigenvalue weighted by atomic mass is 9.89. The highest BCUT2D eigenvalue weighted by Crippen LogP contribution is 2.70. The molecule has 2 saturated carbocycles. The first kappa shape index (κ1) is 7.60. The molecular formula is C11H14O2. The van der Waals surface area contributed by atoms with Crippen LogP contribution in [-0.2, 0) is 9.53 Å². The Morgan fingerprint density at radius 3 is 2.77 bits per heavy atom. The predicted molar refractivity (Wildman–Crippen MR) is 47.9 cm³/mol. The van der Waals surface area contributed by atoms with Gasteiger partial charge in [0.05, 0.1) is 13.0 Å². The van der Waals surface area contributed by atoms with Crippen molar-refractivity contribution in [3.05, 3.63) is 12.2 Å². The molecule has 0 aromatic carbocycles. The van der Waals surface area contributed by atoms with E-state index in [1.807, 2.05) is 0 Å². The number of allylic oxidation sites excluding steroid dienone is 2. The van der Waals surface area contributed by atoms with Crippen LogP contribution in [0.25, 0.3) is 0 Å². The molecule has 3 rings (SSSR count). The number of carbonyl (C=O) groups excluding carboxylic acids is 1. The summed E-state index contributed by atoms with van der Waals surface area (Å²) in [5.41, 5.74) is 0.513. The third-order valence-electron chi connectivity index (χ3n) is 4.23. The topological polar surface area (TPSA) is 26.3 Å². The molecule has 3 aliphatic carbocycles. The van der Waals surface area contributed by atoms with Crippen molar-refractivity contribution in [1.82, 2.24) is 0 Å². The van der Waals surface area contributed by atoms with E-state index in [9.17, 15) is 4.79 Å². The zero-order valence-corrected chi connectivity index (χ0v) is 7.82. The van der Waals surface area contributed by atoms with Gasteiger partial charge >= 0.3 is 5.97 Å². The fourth-order valence-electron chi connectivity index (χ4n) is 3.40. The maximum absolute atomic E-state index is 11.5. The van der Waals surface area contributed by atoms with E-state index < -0.39 is 0 Å². The average Bonchev–Trinajstić information content (AvgIpc) is 2.82. The summed E-state index contributed by atoms with van der Waals surface area (Å²) in [4.78, 5) is 11.5. The Bertz CT molecular complexity index is 288. The van der Waals surface area contributed by atoms with E-state index in [0.29, 0.717) is 17.3 Å². The maximum atomic E-state index is 11.5. The van der Waals surface area contributed by atoms with E-state index in [0.717, 1.165) is 6.42 Å². The number of esters is 1. The summed E-state index contributed by atoms with van der Waals surface area (Å²) in [6.07, 6.45) is 8.25. The molecule has 0 radical (unpaired) electrons. The summed E-state index contributed by atoms with van der Waals surface area (Å²) >= 11 is 0. The van der Waals surface area contributed by atoms with Gasteiger partial charge in [-0.1, -0.05) is 12.2 Å². The number of hydrogen-bond donors (Lipinski definition) is 0. The fraction of sp³-hybridized carbons (Fsp3) is 0.727. The SMILES string of the molecule is COC(=O)[C@H]1C[C@@H]2C=C[C@H]1C21CC1. The molecule has 2 bridgehead atoms. The van der Waals surface area contributed by atoms with Gasteiger partial charge in [-0.2, -0.15) is 0 Å². The largest absolute Gasteiger partial charge is 0.469 e. The van der Waals surface area contributed by atoms with E-state index in [1.165, 1.54) is 20.0 Å². The van der Waals surface area contributed by atoms with Crippen LogP contribution in [0.2, 0.25) is 0 Å². The molecule has 0 saturated heterocycles. The van der Waals surface area contributed by atoms with E-state index >= 15 is 0 Å². The predicted octanol–water partition coefficient (Wildman–Crippen LogP) is 1.76. The van der Waals surface area contributed by atoms with Gasteiger partial charge in [0, 0.05) is 0 Å². The minimum atomic E-state index is 0.00289. The van der Waals surface area contributed by atoms with Crippen LogP contribution in [0.4, 0.5) is 0 Å². The van der Waals surface area contributed by atoms with Crippen LogP contribution in [0.5, 0.6) is 0 Å². The standard InChI is InChI=1S/C11H14O2/c1-13-10(12)8-6-7-2-3-9(8)11(7)4-5-11/h2-3,7-9H,4-6H2,1H3/t7-,8-,9+/m0/s1. The van der Waals surface area contributed by atoms with Crippen molar-refractivity contribution in [2.75, 3.05) is 7.11 Å². The van der Waals surface area contributed by atoms with Gasteiger partial charge in [0.25, 0.3) is 0 Å². The van der Waals surface area contributed by atoms with Crippen LogP contribution in [-0.4, -0.2) is 13.1 Å². The molecule has 0 aromatic rings. The Labute approximate surface area is 78.0 Å². The minimum Gasteiger partial charge on any atom is -0.469 e. The van der Waals surface area contributed by atoms with Crippen molar-refractivity contribution >= 4 is 5.97 Å². The molecule has 0 aliphatic heterocycles. The molecule has 3 aliphatic rings. The first-order chi connectivity index (χ1) is 6.28. The molecule has 0 amide bonds. The van der Waals surface area contributed by atoms with Crippen LogP contribution in [0.1, 0.15) is 19.3 Å². The molecule has 0 heterocycles. The third-order valence-corrected chi connectivity index (χ3v) is 4.23. The van der Waals surface area contributed by atoms with Crippen LogP contribution in [0, 0.1) is 23.2 Å². The maximum Gasteiger partial charge on any atom is 0.309 e. The quantitative estimate of drug-likeness (QED) is 0.452. The summed E-state index contributed by atoms with van der Waals surface area (Å²) in [6, 6.07) is 0. The van der Waals surface area contributed by atoms with Crippen molar-refractivity contribution in [2.45, 2.75) is 19.3 Å². The lowest BCUT2D eigenvalue weighted by Crippen LogP contribution is -2.22. The molecular weight excluding hydrogens is 164 g/mol. The Kier molecular flexibility index (Phi) is 1.27. The van der Waals surface area contributed by atoms with E-state index in [-0.39, 0.29) is 11.9 Å². The first-order valence-electron chi connectivity index (χ1n) is 5.04. The molecule has 2 heteroatoms. The molecule has 70 valence electrons. The highest BCUT2D eigenvalue weighted by atomic mass is 16.5. The highest BCUT2D eigenvalue weighted by molar-refractivity contribution is 5.74. The summed E-state index contributed by atoms with van der Waals surface area (Å²) in [5, 5.41) is 0. The lowest BCUT2D eigenvalue weighted by molar-refractivity contribution is -0.146. The zero-order chi connectivity index (χ0) is 9.05. The highest BCUT2D eigenvalue weighted by Gasteiger charge is 2.64. The molecule has 2 nitrogen and oxygen atoms in total. The molecule has 1 spiro atoms. The Morgan fingerprint density at radius 1 is 1.46 bits per heavy atom. The number of rotatable bonds is 1. The smallest absolute Gasteiger partial charge is 0.309 e. The lowest BCUT2D eigenvalue weighted by Gasteiger charge is -2.16. The van der Waals surface area contributed by atoms with Crippen molar-refractivity contribution in [1.29, 1.82) is 0 Å². The van der Waals surface area contributed by atoms with E-state index in [2.05, 4.69) is 12.2 Å². The van der Waals surface area contributed by atoms with Crippen LogP contribution < -0.4 is 0 Å². The van der Waals surface area contributed by atoms with Gasteiger partial charge in [-0.25, -0.2) is 0 Å².